The molecule has 7 nitrogen and oxygen atoms in total. The second-order valence-corrected chi connectivity index (χ2v) is 6.99. The second-order valence-electron chi connectivity index (χ2n) is 6.26. The Morgan fingerprint density at radius 1 is 1.14 bits per heavy atom. The molecule has 2 aliphatic rings. The first-order chi connectivity index (χ1) is 10.8. The minimum atomic E-state index is -0.230. The van der Waals surface area contributed by atoms with Crippen molar-refractivity contribution in [3.63, 3.8) is 0 Å². The summed E-state index contributed by atoms with van der Waals surface area (Å²) in [6, 6.07) is 0. The number of aromatic amines is 2. The first-order valence-corrected chi connectivity index (χ1v) is 8.80. The topological polar surface area (TPSA) is 90.6 Å². The van der Waals surface area contributed by atoms with Gasteiger partial charge in [-0.2, -0.15) is 9.47 Å². The number of rotatable bonds is 3. The van der Waals surface area contributed by atoms with Crippen molar-refractivity contribution < 1.29 is 0 Å². The molecule has 0 bridgehead atoms. The minimum absolute atomic E-state index is 0.230. The number of hydrogen-bond donors (Lipinski definition) is 2. The normalized spacial score (nSPS) is 23.3. The summed E-state index contributed by atoms with van der Waals surface area (Å²) in [5.74, 6) is 2.61. The zero-order valence-corrected chi connectivity index (χ0v) is 13.2. The molecule has 2 fully saturated rings. The van der Waals surface area contributed by atoms with Gasteiger partial charge in [-0.25, -0.2) is 14.9 Å². The lowest BCUT2D eigenvalue weighted by Gasteiger charge is -2.30. The van der Waals surface area contributed by atoms with Gasteiger partial charge in [-0.15, -0.1) is 0 Å². The molecular weight excluding hydrogens is 300 g/mol. The van der Waals surface area contributed by atoms with Crippen LogP contribution in [-0.2, 0) is 0 Å². The van der Waals surface area contributed by atoms with Gasteiger partial charge in [0.05, 0.1) is 0 Å². The van der Waals surface area contributed by atoms with E-state index >= 15 is 0 Å². The summed E-state index contributed by atoms with van der Waals surface area (Å²) < 4.78 is 4.58. The molecular formula is C14H20N6OS. The highest BCUT2D eigenvalue weighted by atomic mass is 32.1. The molecule has 2 N–H and O–H groups in total. The number of anilines is 1. The van der Waals surface area contributed by atoms with Crippen LogP contribution in [0.1, 0.15) is 62.0 Å². The first-order valence-electron chi connectivity index (χ1n) is 8.03. The first kappa shape index (κ1) is 13.9. The van der Waals surface area contributed by atoms with Crippen LogP contribution in [0.4, 0.5) is 5.13 Å². The lowest BCUT2D eigenvalue weighted by atomic mass is 9.98. The van der Waals surface area contributed by atoms with Crippen LogP contribution >= 0.6 is 11.5 Å². The van der Waals surface area contributed by atoms with E-state index in [0.717, 1.165) is 42.7 Å². The molecule has 1 aliphatic carbocycles. The van der Waals surface area contributed by atoms with Gasteiger partial charge < -0.3 is 4.90 Å². The van der Waals surface area contributed by atoms with Gasteiger partial charge in [0.2, 0.25) is 5.13 Å². The maximum Gasteiger partial charge on any atom is 0.340 e. The predicted octanol–water partition coefficient (Wildman–Crippen LogP) is 1.99. The number of H-pyrrole nitrogens is 2. The van der Waals surface area contributed by atoms with Crippen LogP contribution in [0.15, 0.2) is 4.79 Å². The molecule has 1 saturated heterocycles. The Morgan fingerprint density at radius 2 is 1.95 bits per heavy atom. The van der Waals surface area contributed by atoms with Crippen molar-refractivity contribution in [1.29, 1.82) is 0 Å². The highest BCUT2D eigenvalue weighted by molar-refractivity contribution is 7.09. The Labute approximate surface area is 132 Å². The van der Waals surface area contributed by atoms with E-state index in [4.69, 9.17) is 4.98 Å². The zero-order chi connectivity index (χ0) is 14.9. The van der Waals surface area contributed by atoms with E-state index in [9.17, 15) is 4.79 Å². The SMILES string of the molecule is O=c1[nH]nc([C@@H]2CCCN(c3nc(C4CCCC4)ns3)C2)[nH]1. The molecule has 4 rings (SSSR count). The fourth-order valence-corrected chi connectivity index (χ4v) is 4.34. The summed E-state index contributed by atoms with van der Waals surface area (Å²) in [6.07, 6.45) is 7.19. The van der Waals surface area contributed by atoms with Gasteiger partial charge in [-0.05, 0) is 25.7 Å². The van der Waals surface area contributed by atoms with E-state index in [2.05, 4.69) is 24.5 Å². The van der Waals surface area contributed by atoms with Crippen molar-refractivity contribution in [2.45, 2.75) is 50.4 Å². The average Bonchev–Trinajstić information content (AvgIpc) is 3.28. The van der Waals surface area contributed by atoms with Crippen LogP contribution < -0.4 is 10.6 Å². The van der Waals surface area contributed by atoms with Gasteiger partial charge in [0, 0.05) is 36.5 Å². The van der Waals surface area contributed by atoms with E-state index in [0.29, 0.717) is 5.92 Å². The molecule has 22 heavy (non-hydrogen) atoms. The average molecular weight is 320 g/mol. The number of hydrogen-bond acceptors (Lipinski definition) is 6. The highest BCUT2D eigenvalue weighted by Gasteiger charge is 2.27. The lowest BCUT2D eigenvalue weighted by molar-refractivity contribution is 0.491. The Hall–Kier alpha value is -1.70. The fourth-order valence-electron chi connectivity index (χ4n) is 3.56. The van der Waals surface area contributed by atoms with Gasteiger partial charge in [-0.3, -0.25) is 4.98 Å². The van der Waals surface area contributed by atoms with E-state index in [-0.39, 0.29) is 11.6 Å². The number of aromatic nitrogens is 5. The Bertz CT molecular complexity index is 685. The standard InChI is InChI=1S/C14H20N6OS/c21-13-15-11(17-18-13)10-6-3-7-20(8-10)14-16-12(19-22-14)9-4-1-2-5-9/h9-10H,1-8H2,(H2,15,17,18,21)/t10-/m1/s1. The fraction of sp³-hybridized carbons (Fsp3) is 0.714. The van der Waals surface area contributed by atoms with Gasteiger partial charge in [-0.1, -0.05) is 12.8 Å². The Kier molecular flexibility index (Phi) is 3.69. The summed E-state index contributed by atoms with van der Waals surface area (Å²) in [7, 11) is 0. The molecule has 1 aliphatic heterocycles. The minimum Gasteiger partial charge on any atom is -0.346 e. The summed E-state index contributed by atoms with van der Waals surface area (Å²) in [4.78, 5) is 21.1. The largest absolute Gasteiger partial charge is 0.346 e. The van der Waals surface area contributed by atoms with Crippen molar-refractivity contribution in [1.82, 2.24) is 24.5 Å². The maximum absolute atomic E-state index is 11.2. The van der Waals surface area contributed by atoms with Gasteiger partial charge in [0.15, 0.2) is 0 Å². The van der Waals surface area contributed by atoms with Crippen LogP contribution in [-0.4, -0.2) is 37.6 Å². The van der Waals surface area contributed by atoms with Crippen molar-refractivity contribution in [2.24, 2.45) is 0 Å². The van der Waals surface area contributed by atoms with Crippen molar-refractivity contribution in [2.75, 3.05) is 18.0 Å². The molecule has 0 radical (unpaired) electrons. The Morgan fingerprint density at radius 3 is 2.73 bits per heavy atom. The summed E-state index contributed by atoms with van der Waals surface area (Å²) in [5.41, 5.74) is -0.230. The zero-order valence-electron chi connectivity index (χ0n) is 12.4. The highest BCUT2D eigenvalue weighted by Crippen LogP contribution is 2.35. The van der Waals surface area contributed by atoms with Crippen LogP contribution in [0, 0.1) is 0 Å². The summed E-state index contributed by atoms with van der Waals surface area (Å²) >= 11 is 1.51. The predicted molar refractivity (Wildman–Crippen MR) is 84.5 cm³/mol. The second kappa shape index (κ2) is 5.83. The van der Waals surface area contributed by atoms with E-state index in [1.807, 2.05) is 0 Å². The Balaban J connectivity index is 1.49. The lowest BCUT2D eigenvalue weighted by Crippen LogP contribution is -2.34. The monoisotopic (exact) mass is 320 g/mol. The smallest absolute Gasteiger partial charge is 0.340 e. The van der Waals surface area contributed by atoms with E-state index < -0.39 is 0 Å². The number of piperidine rings is 1. The molecule has 0 aromatic carbocycles. The molecule has 0 unspecified atom stereocenters. The van der Waals surface area contributed by atoms with Crippen molar-refractivity contribution in [3.05, 3.63) is 22.1 Å². The molecule has 2 aromatic rings. The molecule has 2 aromatic heterocycles. The van der Waals surface area contributed by atoms with E-state index in [1.165, 1.54) is 37.2 Å². The van der Waals surface area contributed by atoms with Crippen LogP contribution in [0.5, 0.6) is 0 Å². The van der Waals surface area contributed by atoms with Crippen LogP contribution in [0.2, 0.25) is 0 Å². The quantitative estimate of drug-likeness (QED) is 0.902. The molecule has 1 saturated carbocycles. The van der Waals surface area contributed by atoms with Crippen molar-refractivity contribution in [3.8, 4) is 0 Å². The molecule has 118 valence electrons. The summed E-state index contributed by atoms with van der Waals surface area (Å²) in [6.45, 7) is 1.85. The van der Waals surface area contributed by atoms with Crippen LogP contribution in [0.25, 0.3) is 0 Å². The third-order valence-electron chi connectivity index (χ3n) is 4.75. The third kappa shape index (κ3) is 2.67. The van der Waals surface area contributed by atoms with E-state index in [1.54, 1.807) is 0 Å². The number of nitrogens with one attached hydrogen (secondary N) is 2. The number of nitrogens with zero attached hydrogens (tertiary/aromatic N) is 4. The summed E-state index contributed by atoms with van der Waals surface area (Å²) in [5, 5.41) is 7.56. The van der Waals surface area contributed by atoms with Crippen LogP contribution in [0.3, 0.4) is 0 Å². The molecule has 0 amide bonds. The molecule has 8 heteroatoms. The molecule has 1 atom stereocenters. The van der Waals surface area contributed by atoms with Gasteiger partial charge >= 0.3 is 5.69 Å². The van der Waals surface area contributed by atoms with Gasteiger partial charge in [0.1, 0.15) is 11.6 Å². The molecule has 3 heterocycles. The maximum atomic E-state index is 11.2. The molecule has 0 spiro atoms. The third-order valence-corrected chi connectivity index (χ3v) is 5.54. The van der Waals surface area contributed by atoms with Gasteiger partial charge in [0.25, 0.3) is 0 Å². The van der Waals surface area contributed by atoms with Crippen molar-refractivity contribution >= 4 is 16.7 Å².